The van der Waals surface area contributed by atoms with Crippen LogP contribution in [0.2, 0.25) is 5.02 Å². The molecular weight excluding hydrogens is 260 g/mol. The molecular formula is C15H25ClN2O. The molecule has 2 atom stereocenters. The van der Waals surface area contributed by atoms with Gasteiger partial charge in [0.2, 0.25) is 0 Å². The summed E-state index contributed by atoms with van der Waals surface area (Å²) in [6.45, 7) is 4.44. The monoisotopic (exact) mass is 284 g/mol. The van der Waals surface area contributed by atoms with Crippen molar-refractivity contribution in [3.05, 3.63) is 28.8 Å². The molecule has 0 aromatic heterocycles. The smallest absolute Gasteiger partial charge is 0.123 e. The number of ether oxygens (including phenoxy) is 1. The molecule has 0 saturated heterocycles. The lowest BCUT2D eigenvalue weighted by Crippen LogP contribution is -2.50. The molecule has 19 heavy (non-hydrogen) atoms. The minimum absolute atomic E-state index is 0.0211. The van der Waals surface area contributed by atoms with E-state index >= 15 is 0 Å². The van der Waals surface area contributed by atoms with Crippen LogP contribution in [-0.2, 0) is 0 Å². The summed E-state index contributed by atoms with van der Waals surface area (Å²) in [6, 6.07) is 5.91. The Morgan fingerprint density at radius 1 is 1.42 bits per heavy atom. The molecule has 1 rings (SSSR count). The summed E-state index contributed by atoms with van der Waals surface area (Å²) in [5, 5.41) is 4.14. The fraction of sp³-hybridized carbons (Fsp3) is 0.600. The van der Waals surface area contributed by atoms with Crippen LogP contribution in [0.5, 0.6) is 5.75 Å². The number of hydrogen-bond acceptors (Lipinski definition) is 3. The first-order valence-electron chi connectivity index (χ1n) is 6.58. The zero-order chi connectivity index (χ0) is 14.6. The molecule has 1 N–H and O–H groups in total. The van der Waals surface area contributed by atoms with E-state index in [1.54, 1.807) is 7.11 Å². The van der Waals surface area contributed by atoms with Crippen LogP contribution in [0, 0.1) is 0 Å². The fourth-order valence-electron chi connectivity index (χ4n) is 2.51. The van der Waals surface area contributed by atoms with Gasteiger partial charge in [-0.2, -0.15) is 0 Å². The molecule has 0 heterocycles. The van der Waals surface area contributed by atoms with Gasteiger partial charge in [0.15, 0.2) is 0 Å². The van der Waals surface area contributed by atoms with Crippen molar-refractivity contribution in [1.82, 2.24) is 10.2 Å². The maximum atomic E-state index is 6.15. The van der Waals surface area contributed by atoms with Gasteiger partial charge in [0.05, 0.1) is 13.2 Å². The maximum absolute atomic E-state index is 6.15. The summed E-state index contributed by atoms with van der Waals surface area (Å²) < 4.78 is 5.49. The van der Waals surface area contributed by atoms with Crippen molar-refractivity contribution >= 4 is 11.6 Å². The van der Waals surface area contributed by atoms with E-state index in [0.29, 0.717) is 0 Å². The molecule has 0 amide bonds. The van der Waals surface area contributed by atoms with Crippen LogP contribution in [0.25, 0.3) is 0 Å². The Bertz CT molecular complexity index is 423. The summed E-state index contributed by atoms with van der Waals surface area (Å²) in [7, 11) is 7.87. The van der Waals surface area contributed by atoms with E-state index in [9.17, 15) is 0 Å². The summed E-state index contributed by atoms with van der Waals surface area (Å²) in [4.78, 5) is 2.24. The quantitative estimate of drug-likeness (QED) is 0.867. The molecule has 0 aliphatic heterocycles. The Kier molecular flexibility index (Phi) is 5.65. The van der Waals surface area contributed by atoms with Gasteiger partial charge in [0, 0.05) is 16.1 Å². The van der Waals surface area contributed by atoms with Gasteiger partial charge in [0.1, 0.15) is 5.75 Å². The molecule has 0 aliphatic rings. The van der Waals surface area contributed by atoms with E-state index in [1.807, 2.05) is 25.2 Å². The average Bonchev–Trinajstić information content (AvgIpc) is 2.39. The lowest BCUT2D eigenvalue weighted by molar-refractivity contribution is 0.115. The van der Waals surface area contributed by atoms with E-state index in [-0.39, 0.29) is 11.6 Å². The number of rotatable bonds is 6. The minimum Gasteiger partial charge on any atom is -0.496 e. The normalized spacial score (nSPS) is 16.2. The van der Waals surface area contributed by atoms with Crippen LogP contribution in [0.1, 0.15) is 31.9 Å². The minimum atomic E-state index is -0.0211. The molecule has 0 saturated carbocycles. The van der Waals surface area contributed by atoms with E-state index in [0.717, 1.165) is 22.8 Å². The van der Waals surface area contributed by atoms with E-state index in [1.165, 1.54) is 0 Å². The molecule has 0 aliphatic carbocycles. The highest BCUT2D eigenvalue weighted by molar-refractivity contribution is 6.30. The van der Waals surface area contributed by atoms with Gasteiger partial charge in [-0.05, 0) is 52.7 Å². The van der Waals surface area contributed by atoms with Crippen molar-refractivity contribution in [2.24, 2.45) is 0 Å². The number of benzene rings is 1. The van der Waals surface area contributed by atoms with Crippen LogP contribution in [-0.4, -0.2) is 38.7 Å². The second-order valence-electron chi connectivity index (χ2n) is 5.21. The largest absolute Gasteiger partial charge is 0.496 e. The molecule has 108 valence electrons. The van der Waals surface area contributed by atoms with E-state index in [2.05, 4.69) is 38.2 Å². The Balaban J connectivity index is 3.33. The van der Waals surface area contributed by atoms with Gasteiger partial charge in [0.25, 0.3) is 0 Å². The highest BCUT2D eigenvalue weighted by atomic mass is 35.5. The second kappa shape index (κ2) is 6.60. The third-order valence-electron chi connectivity index (χ3n) is 4.15. The van der Waals surface area contributed by atoms with Crippen LogP contribution in [0.4, 0.5) is 0 Å². The van der Waals surface area contributed by atoms with Crippen LogP contribution in [0.3, 0.4) is 0 Å². The molecule has 1 aromatic rings. The third kappa shape index (κ3) is 3.22. The van der Waals surface area contributed by atoms with E-state index < -0.39 is 0 Å². The number of likely N-dealkylation sites (N-methyl/N-ethyl adjacent to an activating group) is 2. The van der Waals surface area contributed by atoms with Gasteiger partial charge < -0.3 is 15.0 Å². The molecule has 0 spiro atoms. The number of methoxy groups -OCH3 is 1. The van der Waals surface area contributed by atoms with Gasteiger partial charge >= 0.3 is 0 Å². The Morgan fingerprint density at radius 3 is 2.47 bits per heavy atom. The van der Waals surface area contributed by atoms with Gasteiger partial charge in [-0.1, -0.05) is 18.5 Å². The van der Waals surface area contributed by atoms with Crippen molar-refractivity contribution in [1.29, 1.82) is 0 Å². The number of hydrogen-bond donors (Lipinski definition) is 1. The first-order valence-corrected chi connectivity index (χ1v) is 6.96. The third-order valence-corrected chi connectivity index (χ3v) is 4.39. The number of halogens is 1. The summed E-state index contributed by atoms with van der Waals surface area (Å²) >= 11 is 6.15. The Hall–Kier alpha value is -0.770. The summed E-state index contributed by atoms with van der Waals surface area (Å²) in [6.07, 6.45) is 1.02. The van der Waals surface area contributed by atoms with Crippen molar-refractivity contribution in [3.8, 4) is 5.75 Å². The lowest BCUT2D eigenvalue weighted by Gasteiger charge is -2.43. The summed E-state index contributed by atoms with van der Waals surface area (Å²) in [5.74, 6) is 0.866. The highest BCUT2D eigenvalue weighted by Gasteiger charge is 2.36. The van der Waals surface area contributed by atoms with E-state index in [4.69, 9.17) is 16.3 Å². The Morgan fingerprint density at radius 2 is 2.05 bits per heavy atom. The first kappa shape index (κ1) is 16.3. The van der Waals surface area contributed by atoms with Crippen LogP contribution in [0.15, 0.2) is 18.2 Å². The standard InChI is InChI=1S/C15H25ClN2O/c1-7-15(2,18(4)5)14(17-3)12-10-11(16)8-9-13(12)19-6/h8-10,14,17H,7H2,1-6H3. The Labute approximate surface area is 121 Å². The topological polar surface area (TPSA) is 24.5 Å². The first-order chi connectivity index (χ1) is 8.90. The van der Waals surface area contributed by atoms with Crippen molar-refractivity contribution in [2.45, 2.75) is 31.8 Å². The van der Waals surface area contributed by atoms with Gasteiger partial charge in [-0.15, -0.1) is 0 Å². The van der Waals surface area contributed by atoms with Gasteiger partial charge in [-0.3, -0.25) is 0 Å². The zero-order valence-corrected chi connectivity index (χ0v) is 13.5. The van der Waals surface area contributed by atoms with Crippen molar-refractivity contribution < 1.29 is 4.74 Å². The van der Waals surface area contributed by atoms with Crippen LogP contribution < -0.4 is 10.1 Å². The van der Waals surface area contributed by atoms with Gasteiger partial charge in [-0.25, -0.2) is 0 Å². The SMILES string of the molecule is CCC(C)(C(NC)c1cc(Cl)ccc1OC)N(C)C. The molecule has 0 radical (unpaired) electrons. The fourth-order valence-corrected chi connectivity index (χ4v) is 2.69. The predicted octanol–water partition coefficient (Wildman–Crippen LogP) is 3.34. The predicted molar refractivity (Wildman–Crippen MR) is 82.2 cm³/mol. The molecule has 0 bridgehead atoms. The molecule has 0 fully saturated rings. The molecule has 4 heteroatoms. The second-order valence-corrected chi connectivity index (χ2v) is 5.65. The maximum Gasteiger partial charge on any atom is 0.123 e. The van der Waals surface area contributed by atoms with Crippen molar-refractivity contribution in [3.63, 3.8) is 0 Å². The molecule has 3 nitrogen and oxygen atoms in total. The molecule has 1 aromatic carbocycles. The lowest BCUT2D eigenvalue weighted by atomic mass is 9.83. The summed E-state index contributed by atoms with van der Waals surface area (Å²) in [5.41, 5.74) is 1.07. The van der Waals surface area contributed by atoms with Crippen LogP contribution >= 0.6 is 11.6 Å². The zero-order valence-electron chi connectivity index (χ0n) is 12.7. The number of nitrogens with one attached hydrogen (secondary N) is 1. The highest BCUT2D eigenvalue weighted by Crippen LogP contribution is 2.38. The average molecular weight is 285 g/mol. The number of nitrogens with zero attached hydrogens (tertiary/aromatic N) is 1. The van der Waals surface area contributed by atoms with Crippen molar-refractivity contribution in [2.75, 3.05) is 28.3 Å². The molecule has 2 unspecified atom stereocenters.